The first-order valence-corrected chi connectivity index (χ1v) is 11.8. The van der Waals surface area contributed by atoms with Gasteiger partial charge >= 0.3 is 5.97 Å². The van der Waals surface area contributed by atoms with E-state index in [1.165, 1.54) is 0 Å². The van der Waals surface area contributed by atoms with Crippen LogP contribution in [-0.2, 0) is 19.1 Å². The predicted octanol–water partition coefficient (Wildman–Crippen LogP) is 4.72. The molecule has 3 aromatic carbocycles. The van der Waals surface area contributed by atoms with Crippen molar-refractivity contribution in [1.29, 1.82) is 0 Å². The van der Waals surface area contributed by atoms with E-state index in [0.717, 1.165) is 11.3 Å². The van der Waals surface area contributed by atoms with Crippen LogP contribution in [0.3, 0.4) is 0 Å². The second-order valence-corrected chi connectivity index (χ2v) is 8.40. The minimum Gasteiger partial charge on any atom is -0.492 e. The van der Waals surface area contributed by atoms with E-state index in [1.54, 1.807) is 53.4 Å². The number of nitrogens with one attached hydrogen (secondary N) is 1. The highest BCUT2D eigenvalue weighted by atomic mass is 16.5. The maximum absolute atomic E-state index is 12.6. The molecule has 1 N–H and O–H groups in total. The molecule has 1 saturated heterocycles. The topological polar surface area (TPSA) is 94.2 Å². The number of carbonyl (C=O) groups is 3. The molecule has 1 fully saturated rings. The fourth-order valence-electron chi connectivity index (χ4n) is 3.84. The van der Waals surface area contributed by atoms with Crippen molar-refractivity contribution in [3.63, 3.8) is 0 Å². The van der Waals surface area contributed by atoms with Crippen molar-refractivity contribution in [2.45, 2.75) is 20.3 Å². The average Bonchev–Trinajstić information content (AvgIpc) is 3.27. The first-order valence-electron chi connectivity index (χ1n) is 11.8. The second-order valence-electron chi connectivity index (χ2n) is 8.40. The van der Waals surface area contributed by atoms with Gasteiger partial charge in [0, 0.05) is 18.7 Å². The van der Waals surface area contributed by atoms with Crippen LogP contribution in [0, 0.1) is 12.8 Å². The Labute approximate surface area is 209 Å². The molecule has 0 aliphatic carbocycles. The molecule has 1 atom stereocenters. The molecule has 0 spiro atoms. The Morgan fingerprint density at radius 1 is 0.972 bits per heavy atom. The van der Waals surface area contributed by atoms with Crippen LogP contribution in [0.25, 0.3) is 0 Å². The number of benzene rings is 3. The third-order valence-corrected chi connectivity index (χ3v) is 5.67. The summed E-state index contributed by atoms with van der Waals surface area (Å²) in [4.78, 5) is 38.9. The normalized spacial score (nSPS) is 14.9. The maximum atomic E-state index is 12.6. The number of anilines is 2. The van der Waals surface area contributed by atoms with Gasteiger partial charge in [0.05, 0.1) is 18.2 Å². The minimum absolute atomic E-state index is 0.0231. The zero-order valence-electron chi connectivity index (χ0n) is 20.2. The van der Waals surface area contributed by atoms with Crippen molar-refractivity contribution in [1.82, 2.24) is 0 Å². The molecule has 1 aliphatic heterocycles. The quantitative estimate of drug-likeness (QED) is 0.438. The molecule has 0 radical (unpaired) electrons. The molecular formula is C28H28N2O6. The van der Waals surface area contributed by atoms with Crippen LogP contribution < -0.4 is 19.7 Å². The lowest BCUT2D eigenvalue weighted by atomic mass is 10.1. The Kier molecular flexibility index (Phi) is 7.85. The number of carbonyl (C=O) groups excluding carboxylic acids is 3. The molecule has 186 valence electrons. The number of esters is 1. The first kappa shape index (κ1) is 24.8. The third kappa shape index (κ3) is 6.21. The largest absolute Gasteiger partial charge is 0.492 e. The number of nitrogens with zero attached hydrogens (tertiary/aromatic N) is 1. The summed E-state index contributed by atoms with van der Waals surface area (Å²) in [6.45, 7) is 4.04. The van der Waals surface area contributed by atoms with Crippen LogP contribution in [-0.4, -0.2) is 37.5 Å². The summed E-state index contributed by atoms with van der Waals surface area (Å²) in [6, 6.07) is 21.8. The summed E-state index contributed by atoms with van der Waals surface area (Å²) < 4.78 is 16.5. The summed E-state index contributed by atoms with van der Waals surface area (Å²) in [7, 11) is 0. The molecule has 3 aromatic rings. The van der Waals surface area contributed by atoms with Gasteiger partial charge in [-0.05, 0) is 62.4 Å². The fourth-order valence-corrected chi connectivity index (χ4v) is 3.84. The molecule has 36 heavy (non-hydrogen) atoms. The Morgan fingerprint density at radius 2 is 1.64 bits per heavy atom. The van der Waals surface area contributed by atoms with Crippen LogP contribution >= 0.6 is 0 Å². The van der Waals surface area contributed by atoms with E-state index in [9.17, 15) is 14.4 Å². The van der Waals surface area contributed by atoms with Crippen molar-refractivity contribution in [2.24, 2.45) is 5.92 Å². The SMILES string of the molecule is CCOc1ccccc1NC(=O)COC(=O)[C@@H]1CC(=O)N(c2ccc(Oc3ccc(C)cc3)cc2)C1. The fraction of sp³-hybridized carbons (Fsp3) is 0.250. The Bertz CT molecular complexity index is 1220. The van der Waals surface area contributed by atoms with Gasteiger partial charge in [0.15, 0.2) is 6.61 Å². The first-order chi connectivity index (χ1) is 17.4. The summed E-state index contributed by atoms with van der Waals surface area (Å²) in [5, 5.41) is 2.68. The van der Waals surface area contributed by atoms with Crippen molar-refractivity contribution in [2.75, 3.05) is 30.0 Å². The van der Waals surface area contributed by atoms with Gasteiger partial charge in [-0.25, -0.2) is 0 Å². The molecule has 0 aromatic heterocycles. The van der Waals surface area contributed by atoms with E-state index in [4.69, 9.17) is 14.2 Å². The van der Waals surface area contributed by atoms with Crippen molar-refractivity contribution < 1.29 is 28.6 Å². The van der Waals surface area contributed by atoms with Crippen LogP contribution in [0.1, 0.15) is 18.9 Å². The average molecular weight is 489 g/mol. The number of hydrogen-bond donors (Lipinski definition) is 1. The number of ether oxygens (including phenoxy) is 3. The van der Waals surface area contributed by atoms with Crippen molar-refractivity contribution >= 4 is 29.2 Å². The van der Waals surface area contributed by atoms with E-state index in [1.807, 2.05) is 38.1 Å². The van der Waals surface area contributed by atoms with Gasteiger partial charge in [-0.1, -0.05) is 29.8 Å². The summed E-state index contributed by atoms with van der Waals surface area (Å²) in [6.07, 6.45) is 0.0231. The lowest BCUT2D eigenvalue weighted by Gasteiger charge is -2.17. The molecular weight excluding hydrogens is 460 g/mol. The van der Waals surface area contributed by atoms with Crippen LogP contribution in [0.5, 0.6) is 17.2 Å². The molecule has 8 heteroatoms. The molecule has 8 nitrogen and oxygen atoms in total. The number of hydrogen-bond acceptors (Lipinski definition) is 6. The maximum Gasteiger partial charge on any atom is 0.311 e. The number of para-hydroxylation sites is 2. The van der Waals surface area contributed by atoms with Crippen LogP contribution in [0.2, 0.25) is 0 Å². The molecule has 0 saturated carbocycles. The summed E-state index contributed by atoms with van der Waals surface area (Å²) >= 11 is 0. The smallest absolute Gasteiger partial charge is 0.311 e. The Morgan fingerprint density at radius 3 is 2.33 bits per heavy atom. The second kappa shape index (κ2) is 11.4. The lowest BCUT2D eigenvalue weighted by molar-refractivity contribution is -0.151. The van der Waals surface area contributed by atoms with Crippen molar-refractivity contribution in [3.05, 3.63) is 78.4 Å². The molecule has 1 heterocycles. The molecule has 1 aliphatic rings. The Hall–Kier alpha value is -4.33. The van der Waals surface area contributed by atoms with Crippen LogP contribution in [0.4, 0.5) is 11.4 Å². The van der Waals surface area contributed by atoms with Crippen molar-refractivity contribution in [3.8, 4) is 17.2 Å². The monoisotopic (exact) mass is 488 g/mol. The number of rotatable bonds is 9. The van der Waals surface area contributed by atoms with E-state index < -0.39 is 24.4 Å². The Balaban J connectivity index is 1.29. The van der Waals surface area contributed by atoms with E-state index in [2.05, 4.69) is 5.32 Å². The van der Waals surface area contributed by atoms with Gasteiger partial charge in [0.1, 0.15) is 17.2 Å². The number of amides is 2. The third-order valence-electron chi connectivity index (χ3n) is 5.67. The summed E-state index contributed by atoms with van der Waals surface area (Å²) in [5.41, 5.74) is 2.31. The predicted molar refractivity (Wildman–Crippen MR) is 135 cm³/mol. The zero-order valence-corrected chi connectivity index (χ0v) is 20.2. The highest BCUT2D eigenvalue weighted by molar-refractivity contribution is 6.00. The number of aryl methyl sites for hydroxylation is 1. The molecule has 0 bridgehead atoms. The highest BCUT2D eigenvalue weighted by Gasteiger charge is 2.36. The highest BCUT2D eigenvalue weighted by Crippen LogP contribution is 2.29. The molecule has 4 rings (SSSR count). The minimum atomic E-state index is -0.649. The van der Waals surface area contributed by atoms with E-state index >= 15 is 0 Å². The van der Waals surface area contributed by atoms with Gasteiger partial charge < -0.3 is 24.4 Å². The van der Waals surface area contributed by atoms with Gasteiger partial charge in [0.2, 0.25) is 5.91 Å². The zero-order chi connectivity index (χ0) is 25.5. The molecule has 0 unspecified atom stereocenters. The van der Waals surface area contributed by atoms with Crippen LogP contribution in [0.15, 0.2) is 72.8 Å². The summed E-state index contributed by atoms with van der Waals surface area (Å²) in [5.74, 6) is -0.00375. The molecule has 2 amide bonds. The van der Waals surface area contributed by atoms with Gasteiger partial charge in [-0.3, -0.25) is 14.4 Å². The van der Waals surface area contributed by atoms with E-state index in [0.29, 0.717) is 29.5 Å². The lowest BCUT2D eigenvalue weighted by Crippen LogP contribution is -2.28. The van der Waals surface area contributed by atoms with Gasteiger partial charge in [-0.2, -0.15) is 0 Å². The van der Waals surface area contributed by atoms with E-state index in [-0.39, 0.29) is 18.9 Å². The van der Waals surface area contributed by atoms with Gasteiger partial charge in [0.25, 0.3) is 5.91 Å². The van der Waals surface area contributed by atoms with Gasteiger partial charge in [-0.15, -0.1) is 0 Å². The standard InChI is InChI=1S/C28H28N2O6/c1-3-34-25-7-5-4-6-24(25)29-26(31)18-35-28(33)20-16-27(32)30(17-20)21-10-14-23(15-11-21)36-22-12-8-19(2)9-13-22/h4-15,20H,3,16-18H2,1-2H3,(H,29,31)/t20-/m1/s1.